The third kappa shape index (κ3) is 2.93. The zero-order chi connectivity index (χ0) is 15.0. The zero-order valence-corrected chi connectivity index (χ0v) is 13.9. The topological polar surface area (TPSA) is 38.7 Å². The summed E-state index contributed by atoms with van der Waals surface area (Å²) in [6.45, 7) is 0.985. The molecule has 1 aliphatic rings. The minimum absolute atomic E-state index is 0.313. The first kappa shape index (κ1) is 14.8. The third-order valence-electron chi connectivity index (χ3n) is 3.22. The van der Waals surface area contributed by atoms with Crippen molar-refractivity contribution in [2.45, 2.75) is 6.10 Å². The van der Waals surface area contributed by atoms with Crippen LogP contribution in [0.4, 0.5) is 4.39 Å². The summed E-state index contributed by atoms with van der Waals surface area (Å²) in [4.78, 5) is 0. The van der Waals surface area contributed by atoms with Gasteiger partial charge in [0.15, 0.2) is 11.5 Å². The molecule has 0 bridgehead atoms. The Morgan fingerprint density at radius 2 is 1.67 bits per heavy atom. The normalized spacial score (nSPS) is 14.9. The summed E-state index contributed by atoms with van der Waals surface area (Å²) in [6, 6.07) is 7.93. The van der Waals surface area contributed by atoms with E-state index in [0.29, 0.717) is 44.8 Å². The van der Waals surface area contributed by atoms with Gasteiger partial charge < -0.3 is 14.6 Å². The molecule has 1 N–H and O–H groups in total. The van der Waals surface area contributed by atoms with Gasteiger partial charge in [0.05, 0.1) is 4.47 Å². The smallest absolute Gasteiger partial charge is 0.162 e. The molecule has 2 aromatic rings. The molecule has 0 saturated heterocycles. The summed E-state index contributed by atoms with van der Waals surface area (Å²) in [5.41, 5.74) is 1.22. The lowest BCUT2D eigenvalue weighted by Gasteiger charge is -2.21. The van der Waals surface area contributed by atoms with Crippen molar-refractivity contribution in [2.24, 2.45) is 0 Å². The number of hydrogen-bond acceptors (Lipinski definition) is 3. The maximum Gasteiger partial charge on any atom is 0.162 e. The molecule has 6 heteroatoms. The zero-order valence-electron chi connectivity index (χ0n) is 10.8. The van der Waals surface area contributed by atoms with E-state index in [4.69, 9.17) is 9.47 Å². The van der Waals surface area contributed by atoms with Crippen LogP contribution in [-0.2, 0) is 0 Å². The Hall–Kier alpha value is -1.11. The van der Waals surface area contributed by atoms with Gasteiger partial charge in [-0.05, 0) is 45.8 Å². The van der Waals surface area contributed by atoms with Crippen molar-refractivity contribution in [1.82, 2.24) is 0 Å². The van der Waals surface area contributed by atoms with Gasteiger partial charge in [0.2, 0.25) is 0 Å². The van der Waals surface area contributed by atoms with Gasteiger partial charge in [-0.3, -0.25) is 0 Å². The molecule has 1 unspecified atom stereocenters. The Bertz CT molecular complexity index is 691. The first-order chi connectivity index (χ1) is 10.1. The Kier molecular flexibility index (Phi) is 4.19. The van der Waals surface area contributed by atoms with Gasteiger partial charge in [-0.15, -0.1) is 0 Å². The molecule has 0 saturated carbocycles. The van der Waals surface area contributed by atoms with Crippen molar-refractivity contribution in [3.8, 4) is 11.5 Å². The average Bonchev–Trinajstić information content (AvgIpc) is 2.48. The van der Waals surface area contributed by atoms with E-state index in [1.54, 1.807) is 24.3 Å². The predicted octanol–water partition coefficient (Wildman–Crippen LogP) is 4.20. The van der Waals surface area contributed by atoms with Gasteiger partial charge in [-0.25, -0.2) is 4.39 Å². The largest absolute Gasteiger partial charge is 0.486 e. The maximum atomic E-state index is 13.3. The maximum absolute atomic E-state index is 13.3. The van der Waals surface area contributed by atoms with Crippen LogP contribution in [0.1, 0.15) is 17.2 Å². The second kappa shape index (κ2) is 5.94. The molecule has 0 fully saturated rings. The number of rotatable bonds is 2. The summed E-state index contributed by atoms with van der Waals surface area (Å²) < 4.78 is 25.3. The van der Waals surface area contributed by atoms with Crippen LogP contribution in [0.3, 0.4) is 0 Å². The second-order valence-electron chi connectivity index (χ2n) is 4.59. The van der Waals surface area contributed by atoms with E-state index in [1.165, 1.54) is 6.07 Å². The molecule has 2 aromatic carbocycles. The molecule has 3 nitrogen and oxygen atoms in total. The average molecular weight is 418 g/mol. The number of aliphatic hydroxyl groups is 1. The quantitative estimate of drug-likeness (QED) is 0.795. The molecule has 0 spiro atoms. The third-order valence-corrected chi connectivity index (χ3v) is 4.51. The lowest BCUT2D eigenvalue weighted by molar-refractivity contribution is 0.169. The molecule has 21 heavy (non-hydrogen) atoms. The van der Waals surface area contributed by atoms with E-state index in [9.17, 15) is 9.50 Å². The Labute approximate surface area is 137 Å². The van der Waals surface area contributed by atoms with Crippen LogP contribution in [0.25, 0.3) is 0 Å². The minimum Gasteiger partial charge on any atom is -0.486 e. The van der Waals surface area contributed by atoms with Crippen LogP contribution in [0.5, 0.6) is 11.5 Å². The Morgan fingerprint density at radius 3 is 2.33 bits per heavy atom. The molecule has 0 aromatic heterocycles. The van der Waals surface area contributed by atoms with Gasteiger partial charge >= 0.3 is 0 Å². The molecule has 0 amide bonds. The number of benzene rings is 2. The van der Waals surface area contributed by atoms with Crippen molar-refractivity contribution < 1.29 is 19.0 Å². The molecule has 0 radical (unpaired) electrons. The van der Waals surface area contributed by atoms with E-state index in [2.05, 4.69) is 31.9 Å². The molecular weight excluding hydrogens is 407 g/mol. The summed E-state index contributed by atoms with van der Waals surface area (Å²) in [7, 11) is 0. The van der Waals surface area contributed by atoms with E-state index in [-0.39, 0.29) is 5.82 Å². The summed E-state index contributed by atoms with van der Waals surface area (Å²) >= 11 is 6.55. The Balaban J connectivity index is 2.00. The van der Waals surface area contributed by atoms with Crippen LogP contribution in [0, 0.1) is 5.82 Å². The summed E-state index contributed by atoms with van der Waals surface area (Å²) in [5, 5.41) is 10.5. The predicted molar refractivity (Wildman–Crippen MR) is 83.3 cm³/mol. The summed E-state index contributed by atoms with van der Waals surface area (Å²) in [5.74, 6) is 0.872. The van der Waals surface area contributed by atoms with Gasteiger partial charge in [0.1, 0.15) is 25.1 Å². The van der Waals surface area contributed by atoms with Crippen LogP contribution in [-0.4, -0.2) is 18.3 Å². The lowest BCUT2D eigenvalue weighted by Crippen LogP contribution is -2.16. The Morgan fingerprint density at radius 1 is 1.00 bits per heavy atom. The molecule has 1 heterocycles. The van der Waals surface area contributed by atoms with Crippen molar-refractivity contribution in [2.75, 3.05) is 13.2 Å². The van der Waals surface area contributed by atoms with Crippen molar-refractivity contribution in [3.05, 3.63) is 56.2 Å². The highest BCUT2D eigenvalue weighted by molar-refractivity contribution is 9.10. The van der Waals surface area contributed by atoms with Crippen LogP contribution in [0.2, 0.25) is 0 Å². The number of fused-ring (bicyclic) bond motifs is 1. The van der Waals surface area contributed by atoms with Crippen molar-refractivity contribution in [1.29, 1.82) is 0 Å². The number of halogens is 3. The van der Waals surface area contributed by atoms with Gasteiger partial charge in [0.25, 0.3) is 0 Å². The number of ether oxygens (including phenoxy) is 2. The van der Waals surface area contributed by atoms with E-state index < -0.39 is 6.10 Å². The number of aliphatic hydroxyl groups excluding tert-OH is 1. The lowest BCUT2D eigenvalue weighted by atomic mass is 10.0. The van der Waals surface area contributed by atoms with E-state index in [1.807, 2.05) is 0 Å². The van der Waals surface area contributed by atoms with Crippen LogP contribution < -0.4 is 9.47 Å². The van der Waals surface area contributed by atoms with Crippen LogP contribution in [0.15, 0.2) is 39.3 Å². The van der Waals surface area contributed by atoms with Gasteiger partial charge in [0, 0.05) is 10.0 Å². The standard InChI is InChI=1S/C15H11Br2FO3/c16-10-7-14-13(20-3-4-21-14)6-9(10)15(19)8-1-2-12(18)11(17)5-8/h1-2,5-7,15,19H,3-4H2. The summed E-state index contributed by atoms with van der Waals surface area (Å²) in [6.07, 6.45) is -0.896. The molecule has 1 aliphatic heterocycles. The highest BCUT2D eigenvalue weighted by Gasteiger charge is 2.20. The van der Waals surface area contributed by atoms with E-state index >= 15 is 0 Å². The van der Waals surface area contributed by atoms with Gasteiger partial charge in [-0.1, -0.05) is 22.0 Å². The number of hydrogen-bond donors (Lipinski definition) is 1. The fourth-order valence-electron chi connectivity index (χ4n) is 2.15. The molecule has 1 atom stereocenters. The fraction of sp³-hybridized carbons (Fsp3) is 0.200. The molecule has 3 rings (SSSR count). The SMILES string of the molecule is OC(c1ccc(F)c(Br)c1)c1cc2c(cc1Br)OCCO2. The van der Waals surface area contributed by atoms with Crippen LogP contribution >= 0.6 is 31.9 Å². The van der Waals surface area contributed by atoms with Gasteiger partial charge in [-0.2, -0.15) is 0 Å². The first-order valence-electron chi connectivity index (χ1n) is 6.28. The molecule has 0 aliphatic carbocycles. The highest BCUT2D eigenvalue weighted by Crippen LogP contribution is 2.39. The van der Waals surface area contributed by atoms with E-state index in [0.717, 1.165) is 0 Å². The molecular formula is C15H11Br2FO3. The molecule has 110 valence electrons. The fourth-order valence-corrected chi connectivity index (χ4v) is 3.09. The first-order valence-corrected chi connectivity index (χ1v) is 7.87. The minimum atomic E-state index is -0.896. The monoisotopic (exact) mass is 416 g/mol. The highest BCUT2D eigenvalue weighted by atomic mass is 79.9. The van der Waals surface area contributed by atoms with Crippen molar-refractivity contribution in [3.63, 3.8) is 0 Å². The second-order valence-corrected chi connectivity index (χ2v) is 6.30. The van der Waals surface area contributed by atoms with Crippen molar-refractivity contribution >= 4 is 31.9 Å².